The molecular formula is C7H7N3O2. The van der Waals surface area contributed by atoms with Gasteiger partial charge in [0.2, 0.25) is 0 Å². The summed E-state index contributed by atoms with van der Waals surface area (Å²) in [7, 11) is 0. The van der Waals surface area contributed by atoms with Gasteiger partial charge in [-0.25, -0.2) is 4.90 Å². The molecule has 1 atom stereocenters. The Bertz CT molecular complexity index is 300. The zero-order chi connectivity index (χ0) is 9.14. The van der Waals surface area contributed by atoms with Crippen molar-refractivity contribution >= 4 is 0 Å². The molecule has 12 heavy (non-hydrogen) atoms. The Morgan fingerprint density at radius 1 is 1.83 bits per heavy atom. The third kappa shape index (κ3) is 1.42. The fourth-order valence-electron chi connectivity index (χ4n) is 0.929. The molecule has 0 radical (unpaired) electrons. The summed E-state index contributed by atoms with van der Waals surface area (Å²) >= 11 is 0. The molecule has 0 amide bonds. The highest BCUT2D eigenvalue weighted by atomic mass is 16.6. The fraction of sp³-hybridized carbons (Fsp3) is 0.286. The summed E-state index contributed by atoms with van der Waals surface area (Å²) in [6.45, 7) is 1.77. The summed E-state index contributed by atoms with van der Waals surface area (Å²) < 4.78 is 0. The van der Waals surface area contributed by atoms with Gasteiger partial charge in [-0.15, -0.1) is 0 Å². The number of hydrogen-bond donors (Lipinski definition) is 0. The Balaban J connectivity index is 2.89. The molecule has 0 N–H and O–H groups in total. The molecule has 1 unspecified atom stereocenters. The number of allylic oxidation sites excluding steroid dienone is 2. The summed E-state index contributed by atoms with van der Waals surface area (Å²) in [6.07, 6.45) is 5.15. The maximum Gasteiger partial charge on any atom is 0.318 e. The van der Waals surface area contributed by atoms with Gasteiger partial charge >= 0.3 is 6.17 Å². The van der Waals surface area contributed by atoms with Crippen LogP contribution in [0.1, 0.15) is 6.92 Å². The molecule has 5 heteroatoms. The molecule has 1 heterocycles. The minimum Gasteiger partial charge on any atom is -0.262 e. The summed E-state index contributed by atoms with van der Waals surface area (Å²) in [5.74, 6) is 0. The first-order chi connectivity index (χ1) is 5.65. The second-order valence-electron chi connectivity index (χ2n) is 2.44. The molecule has 0 bridgehead atoms. The van der Waals surface area contributed by atoms with Crippen LogP contribution in [0.15, 0.2) is 23.9 Å². The predicted molar refractivity (Wildman–Crippen MR) is 41.1 cm³/mol. The summed E-state index contributed by atoms with van der Waals surface area (Å²) in [5.41, 5.74) is 0.828. The molecule has 1 rings (SSSR count). The molecule has 0 saturated carbocycles. The van der Waals surface area contributed by atoms with E-state index in [0.29, 0.717) is 0 Å². The predicted octanol–water partition coefficient (Wildman–Crippen LogP) is 0.846. The Labute approximate surface area is 69.3 Å². The van der Waals surface area contributed by atoms with Gasteiger partial charge in [-0.2, -0.15) is 5.26 Å². The average Bonchev–Trinajstić information content (AvgIpc) is 2.03. The first-order valence-corrected chi connectivity index (χ1v) is 3.33. The van der Waals surface area contributed by atoms with E-state index >= 15 is 0 Å². The van der Waals surface area contributed by atoms with E-state index in [1.807, 2.05) is 0 Å². The zero-order valence-electron chi connectivity index (χ0n) is 6.47. The van der Waals surface area contributed by atoms with E-state index in [1.165, 1.54) is 12.3 Å². The van der Waals surface area contributed by atoms with Gasteiger partial charge in [0.25, 0.3) is 0 Å². The minimum absolute atomic E-state index is 0.511. The number of rotatable bonds is 1. The molecule has 0 aliphatic carbocycles. The molecule has 0 aromatic rings. The van der Waals surface area contributed by atoms with Crippen LogP contribution in [0, 0.1) is 21.6 Å². The summed E-state index contributed by atoms with van der Waals surface area (Å²) in [4.78, 5) is 10.9. The smallest absolute Gasteiger partial charge is 0.262 e. The number of nitriles is 1. The molecule has 0 aromatic heterocycles. The van der Waals surface area contributed by atoms with Crippen molar-refractivity contribution in [1.29, 1.82) is 5.26 Å². The van der Waals surface area contributed by atoms with Crippen LogP contribution in [0.5, 0.6) is 0 Å². The Kier molecular flexibility index (Phi) is 2.10. The molecule has 0 spiro atoms. The lowest BCUT2D eigenvalue weighted by Gasteiger charge is -2.16. The topological polar surface area (TPSA) is 70.2 Å². The maximum absolute atomic E-state index is 10.4. The van der Waals surface area contributed by atoms with Crippen molar-refractivity contribution in [3.8, 4) is 6.19 Å². The molecule has 0 aromatic carbocycles. The van der Waals surface area contributed by atoms with E-state index in [9.17, 15) is 10.1 Å². The number of hydrogen-bond acceptors (Lipinski definition) is 4. The summed E-state index contributed by atoms with van der Waals surface area (Å²) in [5, 5.41) is 18.9. The lowest BCUT2D eigenvalue weighted by atomic mass is 10.2. The zero-order valence-corrected chi connectivity index (χ0v) is 6.47. The van der Waals surface area contributed by atoms with E-state index in [0.717, 1.165) is 10.5 Å². The van der Waals surface area contributed by atoms with Crippen LogP contribution >= 0.6 is 0 Å². The molecule has 1 aliphatic rings. The van der Waals surface area contributed by atoms with E-state index in [1.54, 1.807) is 19.2 Å². The second kappa shape index (κ2) is 3.05. The van der Waals surface area contributed by atoms with E-state index in [-0.39, 0.29) is 0 Å². The molecule has 1 aliphatic heterocycles. The van der Waals surface area contributed by atoms with Crippen molar-refractivity contribution in [3.63, 3.8) is 0 Å². The van der Waals surface area contributed by atoms with Gasteiger partial charge in [-0.1, -0.05) is 6.08 Å². The third-order valence-electron chi connectivity index (χ3n) is 1.49. The van der Waals surface area contributed by atoms with Crippen LogP contribution in [0.25, 0.3) is 0 Å². The number of nitro groups is 1. The second-order valence-corrected chi connectivity index (χ2v) is 2.44. The first-order valence-electron chi connectivity index (χ1n) is 3.33. The van der Waals surface area contributed by atoms with Crippen molar-refractivity contribution in [2.24, 2.45) is 0 Å². The van der Waals surface area contributed by atoms with Gasteiger partial charge in [0.05, 0.1) is 4.92 Å². The van der Waals surface area contributed by atoms with Crippen LogP contribution in [-0.2, 0) is 0 Å². The highest BCUT2D eigenvalue weighted by Crippen LogP contribution is 2.12. The Morgan fingerprint density at radius 3 is 3.00 bits per heavy atom. The van der Waals surface area contributed by atoms with E-state index in [2.05, 4.69) is 0 Å². The number of nitrogens with zero attached hydrogens (tertiary/aromatic N) is 3. The van der Waals surface area contributed by atoms with Gasteiger partial charge in [-0.05, 0) is 12.5 Å². The monoisotopic (exact) mass is 165 g/mol. The highest BCUT2D eigenvalue weighted by Gasteiger charge is 2.25. The Morgan fingerprint density at radius 2 is 2.50 bits per heavy atom. The van der Waals surface area contributed by atoms with Crippen LogP contribution in [0.4, 0.5) is 0 Å². The molecular weight excluding hydrogens is 158 g/mol. The molecule has 0 saturated heterocycles. The minimum atomic E-state index is -1.04. The molecule has 5 nitrogen and oxygen atoms in total. The normalized spacial score (nSPS) is 21.5. The quantitative estimate of drug-likeness (QED) is 0.328. The molecule has 0 fully saturated rings. The lowest BCUT2D eigenvalue weighted by Crippen LogP contribution is -2.33. The van der Waals surface area contributed by atoms with Gasteiger partial charge in [-0.3, -0.25) is 10.1 Å². The van der Waals surface area contributed by atoms with Crippen LogP contribution in [-0.4, -0.2) is 16.0 Å². The van der Waals surface area contributed by atoms with Crippen LogP contribution in [0.3, 0.4) is 0 Å². The van der Waals surface area contributed by atoms with Crippen molar-refractivity contribution in [2.45, 2.75) is 13.1 Å². The van der Waals surface area contributed by atoms with Gasteiger partial charge in [0, 0.05) is 12.3 Å². The van der Waals surface area contributed by atoms with Gasteiger partial charge in [0.15, 0.2) is 6.19 Å². The van der Waals surface area contributed by atoms with Crippen molar-refractivity contribution in [1.82, 2.24) is 4.90 Å². The first kappa shape index (κ1) is 8.27. The summed E-state index contributed by atoms with van der Waals surface area (Å²) in [6, 6.07) is 0. The van der Waals surface area contributed by atoms with Gasteiger partial charge in [0.1, 0.15) is 0 Å². The maximum atomic E-state index is 10.4. The highest BCUT2D eigenvalue weighted by molar-refractivity contribution is 5.22. The lowest BCUT2D eigenvalue weighted by molar-refractivity contribution is -0.529. The standard InChI is InChI=1S/C7H7N3O2/c1-6-2-3-7(10(11)12)9(4-6)5-8/h2-4,7H,1H3. The van der Waals surface area contributed by atoms with E-state index < -0.39 is 11.1 Å². The fourth-order valence-corrected chi connectivity index (χ4v) is 0.929. The van der Waals surface area contributed by atoms with Crippen LogP contribution < -0.4 is 0 Å². The van der Waals surface area contributed by atoms with E-state index in [4.69, 9.17) is 5.26 Å². The molecule has 62 valence electrons. The van der Waals surface area contributed by atoms with Gasteiger partial charge < -0.3 is 0 Å². The Hall–Kier alpha value is -1.83. The average molecular weight is 165 g/mol. The van der Waals surface area contributed by atoms with Crippen LogP contribution in [0.2, 0.25) is 0 Å². The van der Waals surface area contributed by atoms with Crippen molar-refractivity contribution in [2.75, 3.05) is 0 Å². The largest absolute Gasteiger partial charge is 0.318 e. The third-order valence-corrected chi connectivity index (χ3v) is 1.49. The van der Waals surface area contributed by atoms with Crippen molar-refractivity contribution in [3.05, 3.63) is 34.0 Å². The SMILES string of the molecule is CC1=CN(C#N)C([N+](=O)[O-])C=C1. The van der Waals surface area contributed by atoms with Crippen molar-refractivity contribution < 1.29 is 4.92 Å².